The van der Waals surface area contributed by atoms with Crippen molar-refractivity contribution in [3.05, 3.63) is 0 Å². The van der Waals surface area contributed by atoms with Crippen LogP contribution in [0.3, 0.4) is 0 Å². The lowest BCUT2D eigenvalue weighted by molar-refractivity contribution is -0.122. The van der Waals surface area contributed by atoms with Crippen molar-refractivity contribution in [2.24, 2.45) is 5.73 Å². The number of halogens is 3. The highest BCUT2D eigenvalue weighted by atomic mass is 19.4. The van der Waals surface area contributed by atoms with Crippen molar-refractivity contribution < 1.29 is 18.6 Å². The molecule has 0 atom stereocenters. The molecule has 0 saturated carbocycles. The second-order valence-corrected chi connectivity index (χ2v) is 0.542. The summed E-state index contributed by atoms with van der Waals surface area (Å²) in [5, 5.41) is 0. The van der Waals surface area contributed by atoms with E-state index in [1.54, 1.807) is 0 Å². The van der Waals surface area contributed by atoms with Crippen LogP contribution in [-0.2, 0) is 0 Å². The topological polar surface area (TPSA) is 57.5 Å². The van der Waals surface area contributed by atoms with Gasteiger partial charge in [0.2, 0.25) is 0 Å². The van der Waals surface area contributed by atoms with Crippen molar-refractivity contribution in [1.29, 1.82) is 0 Å². The molecule has 0 aromatic carbocycles. The lowest BCUT2D eigenvalue weighted by atomic mass is 11.3. The van der Waals surface area contributed by atoms with E-state index in [0.29, 0.717) is 0 Å². The van der Waals surface area contributed by atoms with Gasteiger partial charge < -0.3 is 5.48 Å². The van der Waals surface area contributed by atoms with E-state index in [0.717, 1.165) is 0 Å². The van der Waals surface area contributed by atoms with Crippen molar-refractivity contribution in [3.8, 4) is 0 Å². The molecule has 0 aromatic heterocycles. The van der Waals surface area contributed by atoms with E-state index in [1.807, 2.05) is 0 Å². The quantitative estimate of drug-likeness (QED) is 0.418. The third-order valence-corrected chi connectivity index (χ3v) is 0. The minimum absolute atomic E-state index is 0. The zero-order chi connectivity index (χ0) is 4.50. The van der Waals surface area contributed by atoms with E-state index >= 15 is 0 Å². The van der Waals surface area contributed by atoms with Crippen molar-refractivity contribution in [3.63, 3.8) is 0 Å². The standard InChI is InChI=1S/CH2F3N.H2O/c2-1(3,4)5;/h5H2;1H2. The Morgan fingerprint density at radius 2 is 1.17 bits per heavy atom. The van der Waals surface area contributed by atoms with Gasteiger partial charge >= 0.3 is 6.30 Å². The Balaban J connectivity index is 0. The summed E-state index contributed by atoms with van der Waals surface area (Å²) in [7, 11) is 0. The van der Waals surface area contributed by atoms with Crippen LogP contribution >= 0.6 is 0 Å². The van der Waals surface area contributed by atoms with Gasteiger partial charge in [0.15, 0.2) is 0 Å². The zero-order valence-corrected chi connectivity index (χ0v) is 2.71. The molecule has 5 heteroatoms. The molecule has 0 amide bonds. The predicted molar refractivity (Wildman–Crippen MR) is 13.9 cm³/mol. The monoisotopic (exact) mass is 103 g/mol. The first-order valence-electron chi connectivity index (χ1n) is 0.856. The van der Waals surface area contributed by atoms with Crippen LogP contribution in [-0.4, -0.2) is 11.8 Å². The highest BCUT2D eigenvalue weighted by Gasteiger charge is 2.16. The molecular weight excluding hydrogens is 99.0 g/mol. The molecule has 0 aromatic rings. The molecule has 0 aliphatic heterocycles. The summed E-state index contributed by atoms with van der Waals surface area (Å²) in [4.78, 5) is 0. The zero-order valence-electron chi connectivity index (χ0n) is 2.71. The molecule has 0 spiro atoms. The van der Waals surface area contributed by atoms with Crippen LogP contribution in [0, 0.1) is 0 Å². The molecule has 0 heterocycles. The van der Waals surface area contributed by atoms with Crippen LogP contribution in [0.25, 0.3) is 0 Å². The molecule has 6 heavy (non-hydrogen) atoms. The van der Waals surface area contributed by atoms with Gasteiger partial charge in [0.25, 0.3) is 0 Å². The normalized spacial score (nSPS) is 10.0. The number of nitrogens with two attached hydrogens (primary N) is 1. The van der Waals surface area contributed by atoms with Crippen molar-refractivity contribution in [1.82, 2.24) is 0 Å². The third-order valence-electron chi connectivity index (χ3n) is 0. The average Bonchev–Trinajstić information content (AvgIpc) is 0.722. The minimum Gasteiger partial charge on any atom is -0.412 e. The highest BCUT2D eigenvalue weighted by Crippen LogP contribution is 2.01. The van der Waals surface area contributed by atoms with E-state index in [4.69, 9.17) is 0 Å². The van der Waals surface area contributed by atoms with Crippen LogP contribution in [0.4, 0.5) is 13.2 Å². The predicted octanol–water partition coefficient (Wildman–Crippen LogP) is -0.360. The number of hydrogen-bond donors (Lipinski definition) is 1. The van der Waals surface area contributed by atoms with Gasteiger partial charge in [0, 0.05) is 0 Å². The van der Waals surface area contributed by atoms with Crippen LogP contribution in [0.1, 0.15) is 0 Å². The van der Waals surface area contributed by atoms with E-state index in [2.05, 4.69) is 5.73 Å². The Bertz CT molecular complexity index is 26.3. The Labute approximate surface area is 32.1 Å². The Morgan fingerprint density at radius 3 is 1.17 bits per heavy atom. The van der Waals surface area contributed by atoms with E-state index in [-0.39, 0.29) is 5.48 Å². The first-order chi connectivity index (χ1) is 2.00. The molecule has 0 saturated heterocycles. The fourth-order valence-corrected chi connectivity index (χ4v) is 0. The van der Waals surface area contributed by atoms with Gasteiger partial charge in [0.1, 0.15) is 0 Å². The summed E-state index contributed by atoms with van der Waals surface area (Å²) >= 11 is 0. The molecule has 0 unspecified atom stereocenters. The van der Waals surface area contributed by atoms with Gasteiger partial charge in [-0.2, -0.15) is 13.2 Å². The average molecular weight is 103 g/mol. The highest BCUT2D eigenvalue weighted by molar-refractivity contribution is 4.21. The first kappa shape index (κ1) is 9.20. The first-order valence-corrected chi connectivity index (χ1v) is 0.856. The molecular formula is CH4F3NO. The van der Waals surface area contributed by atoms with E-state index < -0.39 is 6.30 Å². The van der Waals surface area contributed by atoms with Gasteiger partial charge in [-0.15, -0.1) is 0 Å². The third kappa shape index (κ3) is 324. The second-order valence-electron chi connectivity index (χ2n) is 0.542. The van der Waals surface area contributed by atoms with Gasteiger partial charge in [-0.3, -0.25) is 0 Å². The van der Waals surface area contributed by atoms with E-state index in [1.165, 1.54) is 0 Å². The van der Waals surface area contributed by atoms with Gasteiger partial charge in [0.05, 0.1) is 0 Å². The largest absolute Gasteiger partial charge is 0.454 e. The molecule has 0 aliphatic carbocycles. The second kappa shape index (κ2) is 1.99. The minimum atomic E-state index is -4.50. The summed E-state index contributed by atoms with van der Waals surface area (Å²) in [6.07, 6.45) is -4.50. The van der Waals surface area contributed by atoms with Gasteiger partial charge in [-0.1, -0.05) is 0 Å². The summed E-state index contributed by atoms with van der Waals surface area (Å²) in [6, 6.07) is 0. The summed E-state index contributed by atoms with van der Waals surface area (Å²) in [6.45, 7) is 0. The Hall–Kier alpha value is -0.290. The van der Waals surface area contributed by atoms with Crippen LogP contribution in [0.5, 0.6) is 0 Å². The summed E-state index contributed by atoms with van der Waals surface area (Å²) in [5.41, 5.74) is 3.35. The SMILES string of the molecule is NC(F)(F)F.O. The number of alkyl halides is 3. The lowest BCUT2D eigenvalue weighted by Crippen LogP contribution is -2.20. The molecule has 0 radical (unpaired) electrons. The molecule has 4 N–H and O–H groups in total. The Morgan fingerprint density at radius 1 is 1.17 bits per heavy atom. The van der Waals surface area contributed by atoms with Crippen LogP contribution in [0.2, 0.25) is 0 Å². The van der Waals surface area contributed by atoms with E-state index in [9.17, 15) is 13.2 Å². The maximum atomic E-state index is 10.1. The molecule has 2 nitrogen and oxygen atoms in total. The fraction of sp³-hybridized carbons (Fsp3) is 1.00. The summed E-state index contributed by atoms with van der Waals surface area (Å²) < 4.78 is 30.4. The van der Waals surface area contributed by atoms with Crippen LogP contribution < -0.4 is 5.73 Å². The van der Waals surface area contributed by atoms with Crippen molar-refractivity contribution in [2.45, 2.75) is 6.30 Å². The smallest absolute Gasteiger partial charge is 0.412 e. The number of hydrogen-bond acceptors (Lipinski definition) is 1. The van der Waals surface area contributed by atoms with Gasteiger partial charge in [-0.05, 0) is 0 Å². The van der Waals surface area contributed by atoms with Crippen molar-refractivity contribution >= 4 is 0 Å². The van der Waals surface area contributed by atoms with Gasteiger partial charge in [-0.25, -0.2) is 5.73 Å². The lowest BCUT2D eigenvalue weighted by Gasteiger charge is -1.89. The molecule has 40 valence electrons. The maximum absolute atomic E-state index is 10.1. The maximum Gasteiger partial charge on any atom is 0.454 e. The molecule has 0 bridgehead atoms. The molecule has 0 fully saturated rings. The summed E-state index contributed by atoms with van der Waals surface area (Å²) in [5.74, 6) is 0. The molecule has 0 aliphatic rings. The molecule has 0 rings (SSSR count). The Kier molecular flexibility index (Phi) is 3.05. The van der Waals surface area contributed by atoms with Crippen LogP contribution in [0.15, 0.2) is 0 Å². The number of rotatable bonds is 0. The van der Waals surface area contributed by atoms with Crippen molar-refractivity contribution in [2.75, 3.05) is 0 Å². The fourth-order valence-electron chi connectivity index (χ4n) is 0.